The van der Waals surface area contributed by atoms with Gasteiger partial charge in [0.15, 0.2) is 0 Å². The first kappa shape index (κ1) is 16.0. The van der Waals surface area contributed by atoms with Crippen molar-refractivity contribution >= 4 is 0 Å². The van der Waals surface area contributed by atoms with Gasteiger partial charge >= 0.3 is 0 Å². The summed E-state index contributed by atoms with van der Waals surface area (Å²) in [6, 6.07) is 8.59. The molecule has 1 N–H and O–H groups in total. The molecule has 0 aliphatic carbocycles. The van der Waals surface area contributed by atoms with Crippen molar-refractivity contribution < 1.29 is 9.47 Å². The minimum absolute atomic E-state index is 0.264. The Morgan fingerprint density at radius 2 is 1.79 bits per heavy atom. The third-order valence-electron chi connectivity index (χ3n) is 2.88. The molecule has 1 unspecified atom stereocenters. The maximum absolute atomic E-state index is 5.60. The van der Waals surface area contributed by atoms with Crippen molar-refractivity contribution in [1.82, 2.24) is 5.32 Å². The van der Waals surface area contributed by atoms with Gasteiger partial charge in [0.2, 0.25) is 0 Å². The second kappa shape index (κ2) is 9.82. The van der Waals surface area contributed by atoms with E-state index >= 15 is 0 Å². The zero-order valence-corrected chi connectivity index (χ0v) is 12.4. The van der Waals surface area contributed by atoms with Gasteiger partial charge in [-0.05, 0) is 44.0 Å². The van der Waals surface area contributed by atoms with E-state index in [9.17, 15) is 0 Å². The molecule has 0 heterocycles. The highest BCUT2D eigenvalue weighted by molar-refractivity contribution is 5.29. The minimum atomic E-state index is 0.264. The van der Waals surface area contributed by atoms with Gasteiger partial charge in [-0.25, -0.2) is 0 Å². The van der Waals surface area contributed by atoms with E-state index in [1.807, 2.05) is 19.1 Å². The smallest absolute Gasteiger partial charge is 0.119 e. The van der Waals surface area contributed by atoms with E-state index in [1.54, 1.807) is 0 Å². The highest BCUT2D eigenvalue weighted by Gasteiger charge is 2.10. The zero-order chi connectivity index (χ0) is 13.9. The number of benzene rings is 1. The van der Waals surface area contributed by atoms with Gasteiger partial charge in [0.25, 0.3) is 0 Å². The van der Waals surface area contributed by atoms with Gasteiger partial charge < -0.3 is 14.8 Å². The van der Waals surface area contributed by atoms with Gasteiger partial charge in [0, 0.05) is 6.61 Å². The molecule has 0 radical (unpaired) electrons. The van der Waals surface area contributed by atoms with Crippen LogP contribution in [0.2, 0.25) is 0 Å². The Kier molecular flexibility index (Phi) is 8.26. The van der Waals surface area contributed by atoms with E-state index in [2.05, 4.69) is 31.3 Å². The molecule has 1 rings (SSSR count). The number of ether oxygens (including phenoxy) is 2. The van der Waals surface area contributed by atoms with Crippen molar-refractivity contribution in [3.63, 3.8) is 0 Å². The molecule has 0 fully saturated rings. The van der Waals surface area contributed by atoms with E-state index in [1.165, 1.54) is 5.56 Å². The molecule has 0 amide bonds. The van der Waals surface area contributed by atoms with Crippen molar-refractivity contribution in [2.45, 2.75) is 39.7 Å². The topological polar surface area (TPSA) is 30.5 Å². The molecule has 1 atom stereocenters. The van der Waals surface area contributed by atoms with E-state index in [-0.39, 0.29) is 6.04 Å². The summed E-state index contributed by atoms with van der Waals surface area (Å²) >= 11 is 0. The summed E-state index contributed by atoms with van der Waals surface area (Å²) in [5, 5.41) is 3.52. The lowest BCUT2D eigenvalue weighted by Gasteiger charge is -2.19. The molecule has 0 aliphatic rings. The molecular formula is C16H27NO2. The highest BCUT2D eigenvalue weighted by Crippen LogP contribution is 2.18. The fraction of sp³-hybridized carbons (Fsp3) is 0.625. The van der Waals surface area contributed by atoms with Crippen molar-refractivity contribution in [3.05, 3.63) is 29.8 Å². The molecule has 0 aromatic heterocycles. The van der Waals surface area contributed by atoms with Gasteiger partial charge in [0.1, 0.15) is 5.75 Å². The molecule has 3 heteroatoms. The first-order chi connectivity index (χ1) is 9.31. The van der Waals surface area contributed by atoms with Crippen LogP contribution >= 0.6 is 0 Å². The Morgan fingerprint density at radius 1 is 1.05 bits per heavy atom. The van der Waals surface area contributed by atoms with Gasteiger partial charge in [-0.3, -0.25) is 0 Å². The summed E-state index contributed by atoms with van der Waals surface area (Å²) in [6.45, 7) is 9.56. The Bertz CT molecular complexity index is 316. The fourth-order valence-electron chi connectivity index (χ4n) is 1.84. The third-order valence-corrected chi connectivity index (χ3v) is 2.88. The molecule has 0 saturated carbocycles. The SMILES string of the molecule is CCCNC(COCC)c1ccc(OCCC)cc1. The predicted molar refractivity (Wildman–Crippen MR) is 79.8 cm³/mol. The quantitative estimate of drug-likeness (QED) is 0.701. The summed E-state index contributed by atoms with van der Waals surface area (Å²) in [4.78, 5) is 0. The standard InChI is InChI=1S/C16H27NO2/c1-4-11-17-16(13-18-6-3)14-7-9-15(10-8-14)19-12-5-2/h7-10,16-17H,4-6,11-13H2,1-3H3. The second-order valence-electron chi connectivity index (χ2n) is 4.58. The van der Waals surface area contributed by atoms with Crippen LogP contribution in [0.5, 0.6) is 5.75 Å². The summed E-state index contributed by atoms with van der Waals surface area (Å²) in [5.74, 6) is 0.941. The molecule has 0 aliphatic heterocycles. The maximum Gasteiger partial charge on any atom is 0.119 e. The van der Waals surface area contributed by atoms with Crippen molar-refractivity contribution in [2.24, 2.45) is 0 Å². The number of hydrogen-bond donors (Lipinski definition) is 1. The summed E-state index contributed by atoms with van der Waals surface area (Å²) < 4.78 is 11.1. The Labute approximate surface area is 117 Å². The van der Waals surface area contributed by atoms with Gasteiger partial charge in [0.05, 0.1) is 19.3 Å². The monoisotopic (exact) mass is 265 g/mol. The molecule has 3 nitrogen and oxygen atoms in total. The maximum atomic E-state index is 5.60. The molecule has 108 valence electrons. The van der Waals surface area contributed by atoms with Crippen LogP contribution in [0.15, 0.2) is 24.3 Å². The van der Waals surface area contributed by atoms with Crippen LogP contribution in [0, 0.1) is 0 Å². The molecule has 0 saturated heterocycles. The van der Waals surface area contributed by atoms with Gasteiger partial charge in [-0.1, -0.05) is 26.0 Å². The van der Waals surface area contributed by atoms with Crippen molar-refractivity contribution in [1.29, 1.82) is 0 Å². The Morgan fingerprint density at radius 3 is 2.37 bits per heavy atom. The lowest BCUT2D eigenvalue weighted by Crippen LogP contribution is -2.26. The lowest BCUT2D eigenvalue weighted by atomic mass is 10.1. The summed E-state index contributed by atoms with van der Waals surface area (Å²) in [6.07, 6.45) is 2.16. The van der Waals surface area contributed by atoms with Crippen LogP contribution in [0.3, 0.4) is 0 Å². The lowest BCUT2D eigenvalue weighted by molar-refractivity contribution is 0.123. The molecule has 0 spiro atoms. The van der Waals surface area contributed by atoms with E-state index in [0.29, 0.717) is 6.61 Å². The van der Waals surface area contributed by atoms with Crippen molar-refractivity contribution in [2.75, 3.05) is 26.4 Å². The van der Waals surface area contributed by atoms with Crippen LogP contribution < -0.4 is 10.1 Å². The minimum Gasteiger partial charge on any atom is -0.494 e. The number of hydrogen-bond acceptors (Lipinski definition) is 3. The largest absolute Gasteiger partial charge is 0.494 e. The molecular weight excluding hydrogens is 238 g/mol. The first-order valence-corrected chi connectivity index (χ1v) is 7.35. The van der Waals surface area contributed by atoms with Crippen LogP contribution in [0.25, 0.3) is 0 Å². The average Bonchev–Trinajstić information content (AvgIpc) is 2.46. The van der Waals surface area contributed by atoms with Gasteiger partial charge in [-0.2, -0.15) is 0 Å². The van der Waals surface area contributed by atoms with E-state index in [0.717, 1.165) is 38.3 Å². The highest BCUT2D eigenvalue weighted by atomic mass is 16.5. The average molecular weight is 265 g/mol. The van der Waals surface area contributed by atoms with Crippen LogP contribution in [0.4, 0.5) is 0 Å². The normalized spacial score (nSPS) is 12.4. The first-order valence-electron chi connectivity index (χ1n) is 7.35. The number of nitrogens with one attached hydrogen (secondary N) is 1. The molecule has 19 heavy (non-hydrogen) atoms. The number of rotatable bonds is 10. The fourth-order valence-corrected chi connectivity index (χ4v) is 1.84. The Balaban J connectivity index is 2.61. The molecule has 0 bridgehead atoms. The van der Waals surface area contributed by atoms with Gasteiger partial charge in [-0.15, -0.1) is 0 Å². The van der Waals surface area contributed by atoms with Crippen LogP contribution in [-0.2, 0) is 4.74 Å². The van der Waals surface area contributed by atoms with Crippen LogP contribution in [0.1, 0.15) is 45.2 Å². The summed E-state index contributed by atoms with van der Waals surface area (Å²) in [7, 11) is 0. The molecule has 1 aromatic rings. The second-order valence-corrected chi connectivity index (χ2v) is 4.58. The third kappa shape index (κ3) is 6.08. The Hall–Kier alpha value is -1.06. The van der Waals surface area contributed by atoms with Crippen molar-refractivity contribution in [3.8, 4) is 5.75 Å². The predicted octanol–water partition coefficient (Wildman–Crippen LogP) is 3.55. The zero-order valence-electron chi connectivity index (χ0n) is 12.4. The summed E-state index contributed by atoms with van der Waals surface area (Å²) in [5.41, 5.74) is 1.26. The van der Waals surface area contributed by atoms with E-state index < -0.39 is 0 Å². The van der Waals surface area contributed by atoms with E-state index in [4.69, 9.17) is 9.47 Å². The van der Waals surface area contributed by atoms with Crippen LogP contribution in [-0.4, -0.2) is 26.4 Å². The molecule has 1 aromatic carbocycles.